The normalized spacial score (nSPS) is 11.2. The van der Waals surface area contributed by atoms with Gasteiger partial charge < -0.3 is 16.0 Å². The van der Waals surface area contributed by atoms with E-state index in [0.717, 1.165) is 37.5 Å². The van der Waals surface area contributed by atoms with Gasteiger partial charge in [-0.2, -0.15) is 11.3 Å². The summed E-state index contributed by atoms with van der Waals surface area (Å²) >= 11 is 1.69. The second kappa shape index (κ2) is 10.5. The van der Waals surface area contributed by atoms with Gasteiger partial charge in [-0.15, -0.1) is 0 Å². The maximum atomic E-state index is 12.0. The summed E-state index contributed by atoms with van der Waals surface area (Å²) in [5.74, 6) is 0.744. The van der Waals surface area contributed by atoms with E-state index in [1.54, 1.807) is 18.4 Å². The van der Waals surface area contributed by atoms with Gasteiger partial charge in [0.25, 0.3) is 5.91 Å². The third-order valence-electron chi connectivity index (χ3n) is 3.76. The van der Waals surface area contributed by atoms with Gasteiger partial charge in [-0.05, 0) is 46.5 Å². The van der Waals surface area contributed by atoms with Crippen molar-refractivity contribution in [1.29, 1.82) is 0 Å². The third kappa shape index (κ3) is 6.58. The summed E-state index contributed by atoms with van der Waals surface area (Å²) in [5.41, 5.74) is 3.04. The highest BCUT2D eigenvalue weighted by Crippen LogP contribution is 2.06. The van der Waals surface area contributed by atoms with Gasteiger partial charge >= 0.3 is 0 Å². The van der Waals surface area contributed by atoms with E-state index < -0.39 is 0 Å². The van der Waals surface area contributed by atoms with Crippen LogP contribution in [0.5, 0.6) is 0 Å². The molecular weight excluding hydrogens is 332 g/mol. The summed E-state index contributed by atoms with van der Waals surface area (Å²) in [6.45, 7) is 4.24. The van der Waals surface area contributed by atoms with Crippen LogP contribution in [0.4, 0.5) is 0 Å². The highest BCUT2D eigenvalue weighted by Gasteiger charge is 2.05. The molecule has 0 atom stereocenters. The predicted octanol–water partition coefficient (Wildman–Crippen LogP) is 3.14. The highest BCUT2D eigenvalue weighted by atomic mass is 32.1. The summed E-state index contributed by atoms with van der Waals surface area (Å²) in [5, 5.41) is 13.7. The number of nitrogens with zero attached hydrogens (tertiary/aromatic N) is 1. The number of rotatable bonds is 8. The van der Waals surface area contributed by atoms with Crippen LogP contribution < -0.4 is 16.0 Å². The molecule has 2 aromatic rings. The molecule has 0 unspecified atom stereocenters. The number of unbranched alkanes of at least 4 members (excludes halogenated alkanes) is 1. The maximum Gasteiger partial charge on any atom is 0.251 e. The van der Waals surface area contributed by atoms with Crippen molar-refractivity contribution in [3.8, 4) is 0 Å². The molecule has 0 spiro atoms. The third-order valence-corrected chi connectivity index (χ3v) is 4.49. The number of carbonyl (C=O) groups excluding carboxylic acids is 1. The van der Waals surface area contributed by atoms with E-state index in [9.17, 15) is 4.79 Å². The number of hydrogen-bond donors (Lipinski definition) is 3. The van der Waals surface area contributed by atoms with Crippen molar-refractivity contribution in [1.82, 2.24) is 16.0 Å². The molecule has 2 rings (SSSR count). The van der Waals surface area contributed by atoms with Crippen molar-refractivity contribution in [2.45, 2.75) is 32.9 Å². The number of amides is 1. The van der Waals surface area contributed by atoms with Crippen molar-refractivity contribution in [2.75, 3.05) is 13.6 Å². The maximum absolute atomic E-state index is 12.0. The van der Waals surface area contributed by atoms with Crippen molar-refractivity contribution in [3.63, 3.8) is 0 Å². The van der Waals surface area contributed by atoms with E-state index in [4.69, 9.17) is 0 Å². The van der Waals surface area contributed by atoms with E-state index in [0.29, 0.717) is 12.1 Å². The van der Waals surface area contributed by atoms with Crippen molar-refractivity contribution >= 4 is 23.2 Å². The number of thiophene rings is 1. The lowest BCUT2D eigenvalue weighted by Crippen LogP contribution is -2.36. The number of carbonyl (C=O) groups is 1. The highest BCUT2D eigenvalue weighted by molar-refractivity contribution is 7.07. The lowest BCUT2D eigenvalue weighted by atomic mass is 10.1. The number of aliphatic imine (C=N–C) groups is 1. The molecule has 0 aliphatic carbocycles. The van der Waals surface area contributed by atoms with Crippen LogP contribution in [0.25, 0.3) is 0 Å². The number of guanidine groups is 1. The number of nitrogens with one attached hydrogen (secondary N) is 3. The van der Waals surface area contributed by atoms with Crippen LogP contribution in [-0.4, -0.2) is 25.5 Å². The first-order valence-corrected chi connectivity index (χ1v) is 9.50. The van der Waals surface area contributed by atoms with E-state index in [1.807, 2.05) is 24.3 Å². The molecule has 134 valence electrons. The predicted molar refractivity (Wildman–Crippen MR) is 105 cm³/mol. The van der Waals surface area contributed by atoms with Crippen LogP contribution in [0.1, 0.15) is 41.3 Å². The molecular formula is C19H26N4OS. The lowest BCUT2D eigenvalue weighted by molar-refractivity contribution is 0.0953. The van der Waals surface area contributed by atoms with Crippen LogP contribution in [0.15, 0.2) is 46.1 Å². The lowest BCUT2D eigenvalue weighted by Gasteiger charge is -2.12. The van der Waals surface area contributed by atoms with Crippen molar-refractivity contribution in [2.24, 2.45) is 4.99 Å². The Morgan fingerprint density at radius 3 is 2.36 bits per heavy atom. The molecule has 5 nitrogen and oxygen atoms in total. The first kappa shape index (κ1) is 19.0. The minimum atomic E-state index is -0.0128. The molecule has 0 saturated carbocycles. The molecule has 0 radical (unpaired) electrons. The van der Waals surface area contributed by atoms with Crippen molar-refractivity contribution in [3.05, 3.63) is 57.8 Å². The van der Waals surface area contributed by atoms with Gasteiger partial charge in [0.05, 0.1) is 0 Å². The topological polar surface area (TPSA) is 65.5 Å². The molecule has 0 fully saturated rings. The summed E-state index contributed by atoms with van der Waals surface area (Å²) < 4.78 is 0. The van der Waals surface area contributed by atoms with Gasteiger partial charge in [-0.3, -0.25) is 9.79 Å². The molecule has 3 N–H and O–H groups in total. The SMILES string of the molecule is CCCCNC(=O)c1ccc(CNC(=NC)NCc2ccsc2)cc1. The van der Waals surface area contributed by atoms with Crippen LogP contribution >= 0.6 is 11.3 Å². The van der Waals surface area contributed by atoms with Gasteiger partial charge in [0.1, 0.15) is 0 Å². The zero-order chi connectivity index (χ0) is 17.9. The standard InChI is InChI=1S/C19H26N4OS/c1-3-4-10-21-18(24)17-7-5-15(6-8-17)12-22-19(20-2)23-13-16-9-11-25-14-16/h5-9,11,14H,3-4,10,12-13H2,1-2H3,(H,21,24)(H2,20,22,23). The zero-order valence-electron chi connectivity index (χ0n) is 14.8. The second-order valence-corrected chi connectivity index (χ2v) is 6.50. The van der Waals surface area contributed by atoms with Gasteiger partial charge in [-0.25, -0.2) is 0 Å². The smallest absolute Gasteiger partial charge is 0.251 e. The van der Waals surface area contributed by atoms with E-state index in [-0.39, 0.29) is 5.91 Å². The molecule has 1 aromatic carbocycles. The molecule has 0 saturated heterocycles. The Morgan fingerprint density at radius 1 is 1.04 bits per heavy atom. The largest absolute Gasteiger partial charge is 0.352 e. The summed E-state index contributed by atoms with van der Waals surface area (Å²) in [7, 11) is 1.76. The molecule has 1 heterocycles. The molecule has 6 heteroatoms. The first-order valence-electron chi connectivity index (χ1n) is 8.55. The summed E-state index contributed by atoms with van der Waals surface area (Å²) in [6, 6.07) is 9.75. The minimum Gasteiger partial charge on any atom is -0.352 e. The average molecular weight is 359 g/mol. The Bertz CT molecular complexity index is 665. The van der Waals surface area contributed by atoms with Crippen molar-refractivity contribution < 1.29 is 4.79 Å². The molecule has 0 aliphatic heterocycles. The Balaban J connectivity index is 1.78. The zero-order valence-corrected chi connectivity index (χ0v) is 15.7. The number of benzene rings is 1. The number of hydrogen-bond acceptors (Lipinski definition) is 3. The van der Waals surface area contributed by atoms with E-state index >= 15 is 0 Å². The van der Waals surface area contributed by atoms with E-state index in [1.165, 1.54) is 5.56 Å². The van der Waals surface area contributed by atoms with Gasteiger partial charge in [0.15, 0.2) is 5.96 Å². The monoisotopic (exact) mass is 358 g/mol. The van der Waals surface area contributed by atoms with Gasteiger partial charge in [-0.1, -0.05) is 25.5 Å². The van der Waals surface area contributed by atoms with Gasteiger partial charge in [0, 0.05) is 32.2 Å². The summed E-state index contributed by atoms with van der Waals surface area (Å²) in [6.07, 6.45) is 2.08. The molecule has 25 heavy (non-hydrogen) atoms. The first-order chi connectivity index (χ1) is 12.2. The van der Waals surface area contributed by atoms with Crippen LogP contribution in [0.2, 0.25) is 0 Å². The second-order valence-electron chi connectivity index (χ2n) is 5.72. The van der Waals surface area contributed by atoms with Crippen LogP contribution in [-0.2, 0) is 13.1 Å². The molecule has 0 bridgehead atoms. The Kier molecular flexibility index (Phi) is 7.98. The Morgan fingerprint density at radius 2 is 1.76 bits per heavy atom. The molecule has 0 aliphatic rings. The fourth-order valence-corrected chi connectivity index (χ4v) is 2.91. The van der Waals surface area contributed by atoms with Gasteiger partial charge in [0.2, 0.25) is 0 Å². The average Bonchev–Trinajstić information content (AvgIpc) is 3.16. The minimum absolute atomic E-state index is 0.0128. The summed E-state index contributed by atoms with van der Waals surface area (Å²) in [4.78, 5) is 16.2. The van der Waals surface area contributed by atoms with Crippen LogP contribution in [0, 0.1) is 0 Å². The van der Waals surface area contributed by atoms with Crippen LogP contribution in [0.3, 0.4) is 0 Å². The Hall–Kier alpha value is -2.34. The fourth-order valence-electron chi connectivity index (χ4n) is 2.24. The van der Waals surface area contributed by atoms with E-state index in [2.05, 4.69) is 44.7 Å². The Labute approximate surface area is 153 Å². The quantitative estimate of drug-likeness (QED) is 0.386. The fraction of sp³-hybridized carbons (Fsp3) is 0.368. The molecule has 1 aromatic heterocycles. The molecule has 1 amide bonds.